The van der Waals surface area contributed by atoms with Crippen molar-refractivity contribution in [3.8, 4) is 0 Å². The number of thiazole rings is 1. The van der Waals surface area contributed by atoms with Gasteiger partial charge in [-0.05, 0) is 6.92 Å². The second kappa shape index (κ2) is 5.92. The van der Waals surface area contributed by atoms with Gasteiger partial charge >= 0.3 is 0 Å². The van der Waals surface area contributed by atoms with Crippen LogP contribution in [0.5, 0.6) is 0 Å². The number of hydrogen-bond donors (Lipinski definition) is 0. The summed E-state index contributed by atoms with van der Waals surface area (Å²) in [5.41, 5.74) is 1.06. The third-order valence-corrected chi connectivity index (χ3v) is 6.28. The SMILES string of the molecule is Cc1csc(CN2C[C@H]3CN(S(C)(=O)=O)CCO[C@H]3C2)n1. The molecule has 3 rings (SSSR count). The lowest BCUT2D eigenvalue weighted by atomic mass is 10.1. The predicted molar refractivity (Wildman–Crippen MR) is 81.8 cm³/mol. The average molecular weight is 331 g/mol. The molecule has 0 unspecified atom stereocenters. The van der Waals surface area contributed by atoms with Crippen LogP contribution in [0.4, 0.5) is 0 Å². The molecule has 2 aliphatic heterocycles. The normalized spacial score (nSPS) is 28.5. The topological polar surface area (TPSA) is 62.7 Å². The highest BCUT2D eigenvalue weighted by molar-refractivity contribution is 7.88. The van der Waals surface area contributed by atoms with E-state index in [2.05, 4.69) is 15.3 Å². The maximum atomic E-state index is 11.8. The third-order valence-electron chi connectivity index (χ3n) is 4.06. The van der Waals surface area contributed by atoms with E-state index in [-0.39, 0.29) is 12.0 Å². The predicted octanol–water partition coefficient (Wildman–Crippen LogP) is 0.544. The Balaban J connectivity index is 1.64. The van der Waals surface area contributed by atoms with E-state index in [1.54, 1.807) is 15.6 Å². The summed E-state index contributed by atoms with van der Waals surface area (Å²) in [6.07, 6.45) is 1.41. The van der Waals surface area contributed by atoms with E-state index in [4.69, 9.17) is 4.74 Å². The smallest absolute Gasteiger partial charge is 0.211 e. The summed E-state index contributed by atoms with van der Waals surface area (Å²) < 4.78 is 30.9. The molecule has 6 nitrogen and oxygen atoms in total. The van der Waals surface area contributed by atoms with Gasteiger partial charge in [-0.25, -0.2) is 13.4 Å². The Bertz CT molecular complexity index is 602. The van der Waals surface area contributed by atoms with Crippen LogP contribution in [0.25, 0.3) is 0 Å². The summed E-state index contributed by atoms with van der Waals surface area (Å²) in [4.78, 5) is 6.81. The number of aryl methyl sites for hydroxylation is 1. The number of fused-ring (bicyclic) bond motifs is 1. The molecule has 2 atom stereocenters. The van der Waals surface area contributed by atoms with Gasteiger partial charge in [-0.3, -0.25) is 4.90 Å². The van der Waals surface area contributed by atoms with E-state index in [1.165, 1.54) is 6.26 Å². The Morgan fingerprint density at radius 1 is 1.43 bits per heavy atom. The lowest BCUT2D eigenvalue weighted by Gasteiger charge is -2.21. The maximum Gasteiger partial charge on any atom is 0.211 e. The van der Waals surface area contributed by atoms with Crippen LogP contribution < -0.4 is 0 Å². The molecule has 0 spiro atoms. The molecule has 0 saturated carbocycles. The van der Waals surface area contributed by atoms with Crippen LogP contribution in [0.2, 0.25) is 0 Å². The average Bonchev–Trinajstić information content (AvgIpc) is 2.89. The fourth-order valence-electron chi connectivity index (χ4n) is 3.05. The number of likely N-dealkylation sites (tertiary alicyclic amines) is 1. The summed E-state index contributed by atoms with van der Waals surface area (Å²) in [6.45, 7) is 6.08. The Morgan fingerprint density at radius 3 is 2.90 bits per heavy atom. The van der Waals surface area contributed by atoms with Gasteiger partial charge in [0, 0.05) is 43.2 Å². The summed E-state index contributed by atoms with van der Waals surface area (Å²) in [5, 5.41) is 3.18. The van der Waals surface area contributed by atoms with Crippen molar-refractivity contribution in [1.29, 1.82) is 0 Å². The van der Waals surface area contributed by atoms with Gasteiger partial charge in [-0.1, -0.05) is 0 Å². The number of ether oxygens (including phenoxy) is 1. The first kappa shape index (κ1) is 15.4. The zero-order valence-corrected chi connectivity index (χ0v) is 14.0. The second-order valence-electron chi connectivity index (χ2n) is 5.87. The van der Waals surface area contributed by atoms with Gasteiger partial charge in [0.2, 0.25) is 10.0 Å². The highest BCUT2D eigenvalue weighted by Gasteiger charge is 2.38. The quantitative estimate of drug-likeness (QED) is 0.809. The summed E-state index contributed by atoms with van der Waals surface area (Å²) in [5.74, 6) is 0.253. The number of hydrogen-bond acceptors (Lipinski definition) is 6. The van der Waals surface area contributed by atoms with Crippen LogP contribution in [-0.2, 0) is 21.3 Å². The van der Waals surface area contributed by atoms with Gasteiger partial charge in [-0.15, -0.1) is 11.3 Å². The molecule has 0 aliphatic carbocycles. The molecule has 118 valence electrons. The van der Waals surface area contributed by atoms with E-state index in [1.807, 2.05) is 6.92 Å². The summed E-state index contributed by atoms with van der Waals surface area (Å²) >= 11 is 1.68. The molecule has 0 radical (unpaired) electrons. The van der Waals surface area contributed by atoms with Crippen LogP contribution in [0, 0.1) is 12.8 Å². The first-order chi connectivity index (χ1) is 9.91. The first-order valence-corrected chi connectivity index (χ1v) is 9.84. The second-order valence-corrected chi connectivity index (χ2v) is 8.79. The number of rotatable bonds is 3. The van der Waals surface area contributed by atoms with Crippen LogP contribution in [0.3, 0.4) is 0 Å². The van der Waals surface area contributed by atoms with Gasteiger partial charge in [0.25, 0.3) is 0 Å². The Hall–Kier alpha value is -0.540. The number of nitrogens with zero attached hydrogens (tertiary/aromatic N) is 3. The van der Waals surface area contributed by atoms with Crippen molar-refractivity contribution in [2.75, 3.05) is 39.0 Å². The monoisotopic (exact) mass is 331 g/mol. The molecule has 2 fully saturated rings. The van der Waals surface area contributed by atoms with Crippen LogP contribution in [-0.4, -0.2) is 67.8 Å². The van der Waals surface area contributed by atoms with Crippen molar-refractivity contribution in [2.45, 2.75) is 19.6 Å². The Kier molecular flexibility index (Phi) is 4.33. The fourth-order valence-corrected chi connectivity index (χ4v) is 4.73. The molecule has 0 bridgehead atoms. The van der Waals surface area contributed by atoms with E-state index in [9.17, 15) is 8.42 Å². The molecule has 3 heterocycles. The third kappa shape index (κ3) is 3.62. The van der Waals surface area contributed by atoms with Crippen LogP contribution in [0.1, 0.15) is 10.7 Å². The van der Waals surface area contributed by atoms with E-state index in [0.29, 0.717) is 19.7 Å². The van der Waals surface area contributed by atoms with Crippen LogP contribution in [0.15, 0.2) is 5.38 Å². The summed E-state index contributed by atoms with van der Waals surface area (Å²) in [6, 6.07) is 0. The van der Waals surface area contributed by atoms with Crippen molar-refractivity contribution in [3.63, 3.8) is 0 Å². The largest absolute Gasteiger partial charge is 0.375 e. The molecule has 8 heteroatoms. The van der Waals surface area contributed by atoms with Gasteiger partial charge in [0.1, 0.15) is 5.01 Å². The van der Waals surface area contributed by atoms with E-state index >= 15 is 0 Å². The molecule has 1 aromatic rings. The molecule has 0 N–H and O–H groups in total. The highest BCUT2D eigenvalue weighted by atomic mass is 32.2. The Morgan fingerprint density at radius 2 is 2.24 bits per heavy atom. The molecule has 2 saturated heterocycles. The molecule has 0 amide bonds. The minimum Gasteiger partial charge on any atom is -0.375 e. The molecule has 0 aromatic carbocycles. The molecule has 1 aromatic heterocycles. The highest BCUT2D eigenvalue weighted by Crippen LogP contribution is 2.26. The minimum atomic E-state index is -3.14. The fraction of sp³-hybridized carbons (Fsp3) is 0.769. The van der Waals surface area contributed by atoms with Gasteiger partial charge in [0.05, 0.1) is 25.5 Å². The Labute approximate surface area is 129 Å². The minimum absolute atomic E-state index is 0.137. The van der Waals surface area contributed by atoms with Crippen molar-refractivity contribution >= 4 is 21.4 Å². The zero-order valence-electron chi connectivity index (χ0n) is 12.4. The molecule has 21 heavy (non-hydrogen) atoms. The van der Waals surface area contributed by atoms with Crippen molar-refractivity contribution in [1.82, 2.24) is 14.2 Å². The maximum absolute atomic E-state index is 11.8. The van der Waals surface area contributed by atoms with Crippen molar-refractivity contribution < 1.29 is 13.2 Å². The number of sulfonamides is 1. The van der Waals surface area contributed by atoms with Gasteiger partial charge in [0.15, 0.2) is 0 Å². The van der Waals surface area contributed by atoms with Gasteiger partial charge < -0.3 is 4.74 Å². The lowest BCUT2D eigenvalue weighted by Crippen LogP contribution is -2.36. The van der Waals surface area contributed by atoms with Gasteiger partial charge in [-0.2, -0.15) is 4.31 Å². The van der Waals surface area contributed by atoms with Crippen molar-refractivity contribution in [3.05, 3.63) is 16.1 Å². The summed E-state index contributed by atoms with van der Waals surface area (Å²) in [7, 11) is -3.14. The standard InChI is InChI=1S/C13H21N3O3S2/c1-10-9-20-13(14-10)8-15-5-11-6-16(21(2,17)18)3-4-19-12(11)7-15/h9,11-12H,3-8H2,1-2H3/t11-,12-/m0/s1. The van der Waals surface area contributed by atoms with E-state index in [0.717, 1.165) is 30.3 Å². The zero-order chi connectivity index (χ0) is 15.0. The lowest BCUT2D eigenvalue weighted by molar-refractivity contribution is 0.0518. The van der Waals surface area contributed by atoms with E-state index < -0.39 is 10.0 Å². The number of aromatic nitrogens is 1. The van der Waals surface area contributed by atoms with Crippen LogP contribution >= 0.6 is 11.3 Å². The van der Waals surface area contributed by atoms with Crippen molar-refractivity contribution in [2.24, 2.45) is 5.92 Å². The molecular weight excluding hydrogens is 310 g/mol. The first-order valence-electron chi connectivity index (χ1n) is 7.12. The molecular formula is C13H21N3O3S2. The molecule has 2 aliphatic rings.